The highest BCUT2D eigenvalue weighted by atomic mass is 19.4. The minimum absolute atomic E-state index is 0.202. The monoisotopic (exact) mass is 226 g/mol. The van der Waals surface area contributed by atoms with Gasteiger partial charge >= 0.3 is 6.18 Å². The van der Waals surface area contributed by atoms with Crippen molar-refractivity contribution < 1.29 is 13.2 Å². The molecule has 0 saturated carbocycles. The molecular formula is C10H7F3N3. The summed E-state index contributed by atoms with van der Waals surface area (Å²) in [6, 6.07) is 7.28. The molecule has 2 rings (SSSR count). The second-order valence-electron chi connectivity index (χ2n) is 3.14. The van der Waals surface area contributed by atoms with Crippen LogP contribution in [0.3, 0.4) is 0 Å². The van der Waals surface area contributed by atoms with E-state index in [4.69, 9.17) is 0 Å². The van der Waals surface area contributed by atoms with Crippen molar-refractivity contribution in [3.63, 3.8) is 0 Å². The number of hydrogen-bond acceptors (Lipinski definition) is 2. The number of alkyl halides is 3. The van der Waals surface area contributed by atoms with Gasteiger partial charge in [0.2, 0.25) is 0 Å². The number of aromatic nitrogens is 3. The number of hydrogen-bond donors (Lipinski definition) is 0. The van der Waals surface area contributed by atoms with Gasteiger partial charge in [0.25, 0.3) is 0 Å². The highest BCUT2D eigenvalue weighted by Crippen LogP contribution is 2.26. The van der Waals surface area contributed by atoms with E-state index in [-0.39, 0.29) is 6.54 Å². The molecule has 83 valence electrons. The first-order valence-electron chi connectivity index (χ1n) is 4.48. The van der Waals surface area contributed by atoms with Crippen molar-refractivity contribution in [3.8, 4) is 0 Å². The Hall–Kier alpha value is -1.85. The Morgan fingerprint density at radius 1 is 1.31 bits per heavy atom. The van der Waals surface area contributed by atoms with E-state index in [0.717, 1.165) is 10.9 Å². The van der Waals surface area contributed by atoms with Crippen LogP contribution < -0.4 is 0 Å². The second-order valence-corrected chi connectivity index (χ2v) is 3.14. The molecule has 0 unspecified atom stereocenters. The quantitative estimate of drug-likeness (QED) is 0.785. The molecule has 0 aliphatic rings. The minimum Gasteiger partial charge on any atom is -0.265 e. The molecule has 16 heavy (non-hydrogen) atoms. The molecule has 0 saturated heterocycles. The summed E-state index contributed by atoms with van der Waals surface area (Å²) in [4.78, 5) is 3.99. The van der Waals surface area contributed by atoms with E-state index in [1.165, 1.54) is 0 Å². The highest BCUT2D eigenvalue weighted by Gasteiger charge is 2.33. The molecule has 2 heterocycles. The maximum absolute atomic E-state index is 12.2. The molecule has 0 atom stereocenters. The summed E-state index contributed by atoms with van der Waals surface area (Å²) < 4.78 is 37.8. The predicted octanol–water partition coefficient (Wildman–Crippen LogP) is 2.15. The Morgan fingerprint density at radius 3 is 2.69 bits per heavy atom. The summed E-state index contributed by atoms with van der Waals surface area (Å²) in [6.45, 7) is 0.202. The molecule has 0 amide bonds. The van der Waals surface area contributed by atoms with Gasteiger partial charge in [0.15, 0.2) is 5.69 Å². The van der Waals surface area contributed by atoms with Crippen molar-refractivity contribution in [1.82, 2.24) is 14.8 Å². The third-order valence-corrected chi connectivity index (χ3v) is 1.90. The van der Waals surface area contributed by atoms with Gasteiger partial charge in [-0.25, -0.2) is 0 Å². The van der Waals surface area contributed by atoms with Crippen LogP contribution in [-0.2, 0) is 12.7 Å². The Morgan fingerprint density at radius 2 is 2.12 bits per heavy atom. The van der Waals surface area contributed by atoms with Crippen LogP contribution in [0.25, 0.3) is 0 Å². The molecule has 0 N–H and O–H groups in total. The SMILES string of the molecule is FC(F)(F)c1[c]cn(Cc2ccccn2)n1. The lowest BCUT2D eigenvalue weighted by atomic mass is 10.3. The molecule has 3 nitrogen and oxygen atoms in total. The molecule has 0 aliphatic carbocycles. The van der Waals surface area contributed by atoms with Gasteiger partial charge in [-0.2, -0.15) is 18.3 Å². The van der Waals surface area contributed by atoms with E-state index in [1.54, 1.807) is 24.4 Å². The van der Waals surface area contributed by atoms with Gasteiger partial charge in [-0.05, 0) is 12.1 Å². The van der Waals surface area contributed by atoms with Gasteiger partial charge < -0.3 is 0 Å². The van der Waals surface area contributed by atoms with Gasteiger partial charge in [0.1, 0.15) is 0 Å². The second kappa shape index (κ2) is 3.96. The highest BCUT2D eigenvalue weighted by molar-refractivity contribution is 5.06. The maximum Gasteiger partial charge on any atom is 0.435 e. The number of rotatable bonds is 2. The molecule has 0 spiro atoms. The van der Waals surface area contributed by atoms with E-state index in [9.17, 15) is 13.2 Å². The van der Waals surface area contributed by atoms with Crippen LogP contribution in [0, 0.1) is 6.07 Å². The fourth-order valence-corrected chi connectivity index (χ4v) is 1.20. The van der Waals surface area contributed by atoms with Crippen molar-refractivity contribution in [3.05, 3.63) is 48.0 Å². The van der Waals surface area contributed by atoms with E-state index in [2.05, 4.69) is 16.1 Å². The third kappa shape index (κ3) is 2.39. The lowest BCUT2D eigenvalue weighted by molar-refractivity contribution is -0.141. The minimum atomic E-state index is -4.45. The van der Waals surface area contributed by atoms with Crippen LogP contribution in [0.4, 0.5) is 13.2 Å². The predicted molar refractivity (Wildman–Crippen MR) is 49.4 cm³/mol. The summed E-state index contributed by atoms with van der Waals surface area (Å²) in [5.41, 5.74) is -0.365. The lowest BCUT2D eigenvalue weighted by Gasteiger charge is -2.02. The zero-order valence-corrected chi connectivity index (χ0v) is 8.07. The summed E-state index contributed by atoms with van der Waals surface area (Å²) in [6.07, 6.45) is -1.71. The largest absolute Gasteiger partial charge is 0.435 e. The van der Waals surface area contributed by atoms with E-state index < -0.39 is 11.9 Å². The fraction of sp³-hybridized carbons (Fsp3) is 0.200. The van der Waals surface area contributed by atoms with Gasteiger partial charge in [-0.1, -0.05) is 6.07 Å². The van der Waals surface area contributed by atoms with Gasteiger partial charge in [0.05, 0.1) is 12.2 Å². The Labute approximate surface area is 89.5 Å². The van der Waals surface area contributed by atoms with E-state index in [0.29, 0.717) is 5.69 Å². The van der Waals surface area contributed by atoms with Gasteiger partial charge in [0, 0.05) is 18.5 Å². The summed E-state index contributed by atoms with van der Waals surface area (Å²) >= 11 is 0. The average Bonchev–Trinajstić information content (AvgIpc) is 2.67. The molecule has 0 aromatic carbocycles. The third-order valence-electron chi connectivity index (χ3n) is 1.90. The fourth-order valence-electron chi connectivity index (χ4n) is 1.20. The summed E-state index contributed by atoms with van der Waals surface area (Å²) in [5.74, 6) is 0. The number of pyridine rings is 1. The molecule has 0 fully saturated rings. The average molecular weight is 226 g/mol. The lowest BCUT2D eigenvalue weighted by Crippen LogP contribution is -2.09. The Bertz CT molecular complexity index is 462. The van der Waals surface area contributed by atoms with Crippen molar-refractivity contribution in [2.45, 2.75) is 12.7 Å². The molecule has 0 aliphatic heterocycles. The summed E-state index contributed by atoms with van der Waals surface area (Å²) in [7, 11) is 0. The molecule has 6 heteroatoms. The normalized spacial score (nSPS) is 11.7. The summed E-state index contributed by atoms with van der Waals surface area (Å²) in [5, 5.41) is 3.37. The topological polar surface area (TPSA) is 30.7 Å². The van der Waals surface area contributed by atoms with Gasteiger partial charge in [-0.3, -0.25) is 9.67 Å². The molecule has 2 aromatic rings. The Balaban J connectivity index is 2.15. The number of nitrogens with zero attached hydrogens (tertiary/aromatic N) is 3. The van der Waals surface area contributed by atoms with Crippen molar-refractivity contribution >= 4 is 0 Å². The van der Waals surface area contributed by atoms with Crippen molar-refractivity contribution in [2.24, 2.45) is 0 Å². The Kier molecular flexibility index (Phi) is 2.64. The van der Waals surface area contributed by atoms with Crippen LogP contribution in [-0.4, -0.2) is 14.8 Å². The molecule has 2 aromatic heterocycles. The zero-order chi connectivity index (χ0) is 11.6. The van der Waals surface area contributed by atoms with Crippen LogP contribution in [0.5, 0.6) is 0 Å². The number of halogens is 3. The van der Waals surface area contributed by atoms with Crippen LogP contribution >= 0.6 is 0 Å². The molecule has 0 bridgehead atoms. The first-order valence-corrected chi connectivity index (χ1v) is 4.48. The zero-order valence-electron chi connectivity index (χ0n) is 8.07. The standard InChI is InChI=1S/C10H7F3N3/c11-10(12,13)9-4-6-16(15-9)7-8-3-1-2-5-14-8/h1-3,5-6H,7H2. The maximum atomic E-state index is 12.2. The first kappa shape index (κ1) is 10.7. The molecule has 1 radical (unpaired) electrons. The van der Waals surface area contributed by atoms with E-state index in [1.807, 2.05) is 0 Å². The van der Waals surface area contributed by atoms with Crippen molar-refractivity contribution in [1.29, 1.82) is 0 Å². The van der Waals surface area contributed by atoms with Crippen LogP contribution in [0.1, 0.15) is 11.4 Å². The van der Waals surface area contributed by atoms with Crippen LogP contribution in [0.2, 0.25) is 0 Å². The van der Waals surface area contributed by atoms with Crippen LogP contribution in [0.15, 0.2) is 30.6 Å². The van der Waals surface area contributed by atoms with Gasteiger partial charge in [-0.15, -0.1) is 0 Å². The first-order chi connectivity index (χ1) is 7.55. The smallest absolute Gasteiger partial charge is 0.265 e. The van der Waals surface area contributed by atoms with E-state index >= 15 is 0 Å². The molecular weight excluding hydrogens is 219 g/mol. The van der Waals surface area contributed by atoms with Crippen molar-refractivity contribution in [2.75, 3.05) is 0 Å².